The van der Waals surface area contributed by atoms with Crippen molar-refractivity contribution in [2.24, 2.45) is 0 Å². The number of hydrogen-bond acceptors (Lipinski definition) is 6. The van der Waals surface area contributed by atoms with Crippen LogP contribution in [0.25, 0.3) is 0 Å². The molecule has 6 nitrogen and oxygen atoms in total. The molecule has 0 bridgehead atoms. The molecule has 110 valence electrons. The summed E-state index contributed by atoms with van der Waals surface area (Å²) in [6.45, 7) is 2.11. The van der Waals surface area contributed by atoms with Crippen LogP contribution < -0.4 is 69.3 Å². The minimum atomic E-state index is -1.77. The number of esters is 1. The molecule has 0 N–H and O–H groups in total. The van der Waals surface area contributed by atoms with Crippen LogP contribution in [0.5, 0.6) is 0 Å². The first-order chi connectivity index (χ1) is 8.97. The van der Waals surface area contributed by atoms with Gasteiger partial charge in [-0.25, -0.2) is 0 Å². The SMILES string of the molecule is CCCCCCCCC(=O)OC(CC(=O)[O-])C(=O)[O-].[Na+].[Na+]. The summed E-state index contributed by atoms with van der Waals surface area (Å²) in [7, 11) is 0. The van der Waals surface area contributed by atoms with Gasteiger partial charge in [0.1, 0.15) is 6.10 Å². The summed E-state index contributed by atoms with van der Waals surface area (Å²) >= 11 is 0. The first-order valence-corrected chi connectivity index (χ1v) is 6.57. The molecule has 0 heterocycles. The van der Waals surface area contributed by atoms with Gasteiger partial charge in [-0.15, -0.1) is 0 Å². The zero-order valence-electron chi connectivity index (χ0n) is 13.2. The Labute approximate surface area is 169 Å². The van der Waals surface area contributed by atoms with Crippen LogP contribution in [0.2, 0.25) is 0 Å². The summed E-state index contributed by atoms with van der Waals surface area (Å²) in [5.41, 5.74) is 0. The molecule has 8 heteroatoms. The van der Waals surface area contributed by atoms with E-state index in [0.717, 1.165) is 32.1 Å². The van der Waals surface area contributed by atoms with Gasteiger partial charge in [0, 0.05) is 18.8 Å². The third-order valence-corrected chi connectivity index (χ3v) is 2.62. The van der Waals surface area contributed by atoms with Crippen LogP contribution in [0.15, 0.2) is 0 Å². The number of ether oxygens (including phenoxy) is 1. The first kappa shape index (κ1) is 26.3. The summed E-state index contributed by atoms with van der Waals surface area (Å²) in [5.74, 6) is -4.03. The Morgan fingerprint density at radius 1 is 0.952 bits per heavy atom. The monoisotopic (exact) mass is 318 g/mol. The van der Waals surface area contributed by atoms with Gasteiger partial charge in [-0.3, -0.25) is 4.79 Å². The molecule has 21 heavy (non-hydrogen) atoms. The van der Waals surface area contributed by atoms with Crippen molar-refractivity contribution in [3.8, 4) is 0 Å². The molecule has 0 aliphatic heterocycles. The molecular weight excluding hydrogens is 298 g/mol. The number of aliphatic carboxylic acids is 2. The smallest absolute Gasteiger partial charge is 0.550 e. The summed E-state index contributed by atoms with van der Waals surface area (Å²) in [5, 5.41) is 20.8. The second-order valence-electron chi connectivity index (χ2n) is 4.39. The van der Waals surface area contributed by atoms with E-state index in [9.17, 15) is 24.6 Å². The molecular formula is C13H20Na2O6. The largest absolute Gasteiger partial charge is 1.00 e. The number of carbonyl (C=O) groups is 3. The van der Waals surface area contributed by atoms with Gasteiger partial charge in [0.05, 0.1) is 5.97 Å². The van der Waals surface area contributed by atoms with E-state index < -0.39 is 30.4 Å². The van der Waals surface area contributed by atoms with Crippen LogP contribution in [-0.4, -0.2) is 24.0 Å². The van der Waals surface area contributed by atoms with Crippen LogP contribution in [-0.2, 0) is 19.1 Å². The number of hydrogen-bond donors (Lipinski definition) is 0. The molecule has 0 radical (unpaired) electrons. The topological polar surface area (TPSA) is 107 Å². The Bertz CT molecular complexity index is 309. The first-order valence-electron chi connectivity index (χ1n) is 6.57. The van der Waals surface area contributed by atoms with Crippen LogP contribution in [0.4, 0.5) is 0 Å². The molecule has 0 aromatic carbocycles. The molecule has 0 aliphatic carbocycles. The third-order valence-electron chi connectivity index (χ3n) is 2.62. The van der Waals surface area contributed by atoms with Crippen molar-refractivity contribution in [2.45, 2.75) is 64.4 Å². The van der Waals surface area contributed by atoms with Crippen LogP contribution in [0.3, 0.4) is 0 Å². The van der Waals surface area contributed by atoms with Gasteiger partial charge in [0.25, 0.3) is 0 Å². The van der Waals surface area contributed by atoms with Crippen molar-refractivity contribution in [3.63, 3.8) is 0 Å². The maximum absolute atomic E-state index is 11.3. The van der Waals surface area contributed by atoms with E-state index in [1.807, 2.05) is 0 Å². The van der Waals surface area contributed by atoms with Gasteiger partial charge >= 0.3 is 65.1 Å². The number of carboxylic acids is 2. The van der Waals surface area contributed by atoms with E-state index in [0.29, 0.717) is 6.42 Å². The number of rotatable bonds is 11. The maximum atomic E-state index is 11.3. The van der Waals surface area contributed by atoms with Crippen LogP contribution in [0, 0.1) is 0 Å². The molecule has 0 aliphatic rings. The minimum Gasteiger partial charge on any atom is -0.550 e. The standard InChI is InChI=1S/C13H22O6.2Na/c1-2-3-4-5-6-7-8-12(16)19-10(13(17)18)9-11(14)15;;/h10H,2-9H2,1H3,(H,14,15)(H,17,18);;/q;2*+1/p-2. The van der Waals surface area contributed by atoms with Gasteiger partial charge in [-0.2, -0.15) is 0 Å². The molecule has 0 saturated carbocycles. The molecule has 0 saturated heterocycles. The van der Waals surface area contributed by atoms with E-state index >= 15 is 0 Å². The fourth-order valence-electron chi connectivity index (χ4n) is 1.59. The van der Waals surface area contributed by atoms with Crippen molar-refractivity contribution < 1.29 is 88.4 Å². The Kier molecular flexibility index (Phi) is 21.0. The van der Waals surface area contributed by atoms with Crippen molar-refractivity contribution in [1.82, 2.24) is 0 Å². The van der Waals surface area contributed by atoms with E-state index in [2.05, 4.69) is 11.7 Å². The van der Waals surface area contributed by atoms with Crippen molar-refractivity contribution in [1.29, 1.82) is 0 Å². The fourth-order valence-corrected chi connectivity index (χ4v) is 1.59. The Morgan fingerprint density at radius 2 is 1.48 bits per heavy atom. The second-order valence-corrected chi connectivity index (χ2v) is 4.39. The van der Waals surface area contributed by atoms with E-state index in [1.54, 1.807) is 0 Å². The summed E-state index contributed by atoms with van der Waals surface area (Å²) in [6.07, 6.45) is 3.33. The van der Waals surface area contributed by atoms with Crippen molar-refractivity contribution >= 4 is 17.9 Å². The predicted octanol–water partition coefficient (Wildman–Crippen LogP) is -6.45. The second kappa shape index (κ2) is 16.8. The molecule has 0 aromatic heterocycles. The normalized spacial score (nSPS) is 10.7. The molecule has 0 aromatic rings. The molecule has 0 fully saturated rings. The number of unbranched alkanes of at least 4 members (excludes halogenated alkanes) is 5. The molecule has 1 atom stereocenters. The number of carbonyl (C=O) groups excluding carboxylic acids is 3. The summed E-state index contributed by atoms with van der Waals surface area (Å²) < 4.78 is 4.53. The van der Waals surface area contributed by atoms with Crippen LogP contribution in [0.1, 0.15) is 58.3 Å². The van der Waals surface area contributed by atoms with Crippen molar-refractivity contribution in [3.05, 3.63) is 0 Å². The van der Waals surface area contributed by atoms with E-state index in [4.69, 9.17) is 0 Å². The van der Waals surface area contributed by atoms with E-state index in [-0.39, 0.29) is 65.5 Å². The van der Waals surface area contributed by atoms with Gasteiger partial charge in [-0.05, 0) is 6.42 Å². The predicted molar refractivity (Wildman–Crippen MR) is 62.5 cm³/mol. The molecule has 0 spiro atoms. The average Bonchev–Trinajstić information content (AvgIpc) is 2.32. The quantitative estimate of drug-likeness (QED) is 0.213. The minimum absolute atomic E-state index is 0. The molecule has 0 rings (SSSR count). The van der Waals surface area contributed by atoms with Crippen molar-refractivity contribution in [2.75, 3.05) is 0 Å². The maximum Gasteiger partial charge on any atom is 1.00 e. The Balaban J connectivity index is -0.00000162. The zero-order valence-corrected chi connectivity index (χ0v) is 17.2. The van der Waals surface area contributed by atoms with E-state index in [1.165, 1.54) is 0 Å². The van der Waals surface area contributed by atoms with Gasteiger partial charge in [0.2, 0.25) is 0 Å². The summed E-state index contributed by atoms with van der Waals surface area (Å²) in [6, 6.07) is 0. The van der Waals surface area contributed by atoms with Gasteiger partial charge < -0.3 is 24.5 Å². The van der Waals surface area contributed by atoms with Gasteiger partial charge in [0.15, 0.2) is 0 Å². The molecule has 1 unspecified atom stereocenters. The molecule has 0 amide bonds. The van der Waals surface area contributed by atoms with Crippen LogP contribution >= 0.6 is 0 Å². The average molecular weight is 318 g/mol. The summed E-state index contributed by atoms with van der Waals surface area (Å²) in [4.78, 5) is 32.1. The Morgan fingerprint density at radius 3 is 1.95 bits per heavy atom. The third kappa shape index (κ3) is 16.6. The fraction of sp³-hybridized carbons (Fsp3) is 0.769. The number of carboxylic acid groups (broad SMARTS) is 2. The zero-order chi connectivity index (χ0) is 14.7. The Hall–Kier alpha value is 0.410. The van der Waals surface area contributed by atoms with Gasteiger partial charge in [-0.1, -0.05) is 39.0 Å².